The fraction of sp³-hybridized carbons (Fsp3) is 0.0625. The lowest BCUT2D eigenvalue weighted by Crippen LogP contribution is -2.04. The quantitative estimate of drug-likeness (QED) is 0.414. The third kappa shape index (κ3) is 4.50. The Morgan fingerprint density at radius 3 is 2.38 bits per heavy atom. The standard InChI is InChI=1S/C16H11Cl3O2/c1-10-8-12(17)5-6-15(10)21-16(20)7-3-11-2-4-13(18)9-14(11)19/h2-9H,1H3. The van der Waals surface area contributed by atoms with Gasteiger partial charge in [0.15, 0.2) is 0 Å². The molecular formula is C16H11Cl3O2. The molecule has 0 aliphatic carbocycles. The van der Waals surface area contributed by atoms with Crippen molar-refractivity contribution < 1.29 is 9.53 Å². The molecule has 108 valence electrons. The number of hydrogen-bond donors (Lipinski definition) is 0. The molecule has 0 aliphatic heterocycles. The van der Waals surface area contributed by atoms with Crippen LogP contribution < -0.4 is 4.74 Å². The van der Waals surface area contributed by atoms with Crippen LogP contribution in [0.5, 0.6) is 5.75 Å². The third-order valence-corrected chi connectivity index (χ3v) is 3.51. The Balaban J connectivity index is 2.09. The van der Waals surface area contributed by atoms with E-state index >= 15 is 0 Å². The summed E-state index contributed by atoms with van der Waals surface area (Å²) in [6.07, 6.45) is 2.88. The van der Waals surface area contributed by atoms with Crippen LogP contribution in [0.25, 0.3) is 6.08 Å². The number of carbonyl (C=O) groups is 1. The number of rotatable bonds is 3. The van der Waals surface area contributed by atoms with E-state index in [1.807, 2.05) is 6.92 Å². The molecule has 21 heavy (non-hydrogen) atoms. The van der Waals surface area contributed by atoms with E-state index < -0.39 is 5.97 Å². The summed E-state index contributed by atoms with van der Waals surface area (Å²) in [5.41, 5.74) is 1.47. The first-order valence-electron chi connectivity index (χ1n) is 6.07. The van der Waals surface area contributed by atoms with Crippen molar-refractivity contribution in [3.8, 4) is 5.75 Å². The van der Waals surface area contributed by atoms with Crippen molar-refractivity contribution in [2.45, 2.75) is 6.92 Å². The normalized spacial score (nSPS) is 10.9. The van der Waals surface area contributed by atoms with Gasteiger partial charge < -0.3 is 4.74 Å². The summed E-state index contributed by atoms with van der Waals surface area (Å²) in [6.45, 7) is 1.81. The van der Waals surface area contributed by atoms with Gasteiger partial charge in [-0.25, -0.2) is 4.79 Å². The minimum atomic E-state index is -0.494. The first kappa shape index (κ1) is 15.9. The van der Waals surface area contributed by atoms with Crippen molar-refractivity contribution in [1.29, 1.82) is 0 Å². The van der Waals surface area contributed by atoms with Gasteiger partial charge in [-0.1, -0.05) is 40.9 Å². The Morgan fingerprint density at radius 2 is 1.71 bits per heavy atom. The van der Waals surface area contributed by atoms with Crippen molar-refractivity contribution in [2.24, 2.45) is 0 Å². The van der Waals surface area contributed by atoms with E-state index in [0.29, 0.717) is 26.4 Å². The molecule has 2 aromatic rings. The highest BCUT2D eigenvalue weighted by Gasteiger charge is 2.05. The van der Waals surface area contributed by atoms with Gasteiger partial charge in [0.2, 0.25) is 0 Å². The number of halogens is 3. The first-order chi connectivity index (χ1) is 9.95. The van der Waals surface area contributed by atoms with E-state index in [2.05, 4.69) is 0 Å². The summed E-state index contributed by atoms with van der Waals surface area (Å²) in [6, 6.07) is 10.1. The number of benzene rings is 2. The second-order valence-corrected chi connectivity index (χ2v) is 5.61. The van der Waals surface area contributed by atoms with Crippen molar-refractivity contribution in [1.82, 2.24) is 0 Å². The zero-order chi connectivity index (χ0) is 15.4. The van der Waals surface area contributed by atoms with Gasteiger partial charge >= 0.3 is 5.97 Å². The van der Waals surface area contributed by atoms with E-state index in [1.165, 1.54) is 6.08 Å². The Hall–Kier alpha value is -1.48. The van der Waals surface area contributed by atoms with Crippen LogP contribution in [0.3, 0.4) is 0 Å². The topological polar surface area (TPSA) is 26.3 Å². The lowest BCUT2D eigenvalue weighted by molar-refractivity contribution is -0.128. The molecule has 0 unspecified atom stereocenters. The summed E-state index contributed by atoms with van der Waals surface area (Å²) in [7, 11) is 0. The molecule has 0 saturated carbocycles. The molecule has 0 atom stereocenters. The molecular weight excluding hydrogens is 331 g/mol. The van der Waals surface area contributed by atoms with Crippen LogP contribution in [-0.2, 0) is 4.79 Å². The van der Waals surface area contributed by atoms with E-state index in [1.54, 1.807) is 42.5 Å². The maximum absolute atomic E-state index is 11.8. The highest BCUT2D eigenvalue weighted by molar-refractivity contribution is 6.35. The Bertz CT molecular complexity index is 709. The van der Waals surface area contributed by atoms with E-state index in [0.717, 1.165) is 5.56 Å². The number of hydrogen-bond acceptors (Lipinski definition) is 2. The van der Waals surface area contributed by atoms with Gasteiger partial charge in [0.1, 0.15) is 5.75 Å². The van der Waals surface area contributed by atoms with E-state index in [4.69, 9.17) is 39.5 Å². The average molecular weight is 342 g/mol. The molecule has 0 fully saturated rings. The molecule has 0 radical (unpaired) electrons. The van der Waals surface area contributed by atoms with Crippen molar-refractivity contribution in [2.75, 3.05) is 0 Å². The number of esters is 1. The van der Waals surface area contributed by atoms with Gasteiger partial charge in [0, 0.05) is 21.1 Å². The van der Waals surface area contributed by atoms with Crippen LogP contribution in [0, 0.1) is 6.92 Å². The number of carbonyl (C=O) groups excluding carboxylic acids is 1. The van der Waals surface area contributed by atoms with Crippen molar-refractivity contribution in [3.63, 3.8) is 0 Å². The number of ether oxygens (including phenoxy) is 1. The lowest BCUT2D eigenvalue weighted by Gasteiger charge is -2.05. The molecule has 0 spiro atoms. The lowest BCUT2D eigenvalue weighted by atomic mass is 10.2. The molecule has 2 aromatic carbocycles. The zero-order valence-corrected chi connectivity index (χ0v) is 13.3. The second kappa shape index (κ2) is 6.99. The van der Waals surface area contributed by atoms with Gasteiger partial charge in [-0.3, -0.25) is 0 Å². The van der Waals surface area contributed by atoms with Crippen LogP contribution in [-0.4, -0.2) is 5.97 Å². The maximum Gasteiger partial charge on any atom is 0.336 e. The zero-order valence-electron chi connectivity index (χ0n) is 11.1. The second-order valence-electron chi connectivity index (χ2n) is 4.33. The minimum absolute atomic E-state index is 0.467. The summed E-state index contributed by atoms with van der Waals surface area (Å²) in [4.78, 5) is 11.8. The summed E-state index contributed by atoms with van der Waals surface area (Å²) >= 11 is 17.7. The maximum atomic E-state index is 11.8. The van der Waals surface area contributed by atoms with Gasteiger partial charge in [0.25, 0.3) is 0 Å². The summed E-state index contributed by atoms with van der Waals surface area (Å²) in [5, 5.41) is 1.60. The fourth-order valence-corrected chi connectivity index (χ4v) is 2.36. The fourth-order valence-electron chi connectivity index (χ4n) is 1.66. The third-order valence-electron chi connectivity index (χ3n) is 2.71. The largest absolute Gasteiger partial charge is 0.423 e. The molecule has 2 rings (SSSR count). The van der Waals surface area contributed by atoms with E-state index in [-0.39, 0.29) is 0 Å². The van der Waals surface area contributed by atoms with Crippen molar-refractivity contribution >= 4 is 46.8 Å². The summed E-state index contributed by atoms with van der Waals surface area (Å²) in [5.74, 6) is -0.0253. The predicted octanol–water partition coefficient (Wildman–Crippen LogP) is 5.57. The average Bonchev–Trinajstić information content (AvgIpc) is 2.41. The van der Waals surface area contributed by atoms with Crippen LogP contribution >= 0.6 is 34.8 Å². The van der Waals surface area contributed by atoms with Crippen LogP contribution in [0.4, 0.5) is 0 Å². The molecule has 0 aliphatic rings. The molecule has 0 aromatic heterocycles. The SMILES string of the molecule is Cc1cc(Cl)ccc1OC(=O)C=Cc1ccc(Cl)cc1Cl. The highest BCUT2D eigenvalue weighted by atomic mass is 35.5. The predicted molar refractivity (Wildman–Crippen MR) is 87.3 cm³/mol. The Morgan fingerprint density at radius 1 is 1.05 bits per heavy atom. The number of aryl methyl sites for hydroxylation is 1. The molecule has 2 nitrogen and oxygen atoms in total. The Labute approximate surface area is 137 Å². The Kier molecular flexibility index (Phi) is 5.29. The van der Waals surface area contributed by atoms with Crippen LogP contribution in [0.2, 0.25) is 15.1 Å². The first-order valence-corrected chi connectivity index (χ1v) is 7.20. The van der Waals surface area contributed by atoms with Crippen molar-refractivity contribution in [3.05, 3.63) is 68.7 Å². The van der Waals surface area contributed by atoms with Crippen LogP contribution in [0.15, 0.2) is 42.5 Å². The molecule has 0 bridgehead atoms. The highest BCUT2D eigenvalue weighted by Crippen LogP contribution is 2.23. The van der Waals surface area contributed by atoms with Gasteiger partial charge in [-0.15, -0.1) is 0 Å². The van der Waals surface area contributed by atoms with Gasteiger partial charge in [-0.05, 0) is 54.5 Å². The molecule has 0 saturated heterocycles. The van der Waals surface area contributed by atoms with E-state index in [9.17, 15) is 4.79 Å². The molecule has 0 N–H and O–H groups in total. The molecule has 0 amide bonds. The van der Waals surface area contributed by atoms with Gasteiger partial charge in [0.05, 0.1) is 0 Å². The monoisotopic (exact) mass is 340 g/mol. The molecule has 5 heteroatoms. The minimum Gasteiger partial charge on any atom is -0.423 e. The smallest absolute Gasteiger partial charge is 0.336 e. The summed E-state index contributed by atoms with van der Waals surface area (Å²) < 4.78 is 5.23. The van der Waals surface area contributed by atoms with Crippen LogP contribution in [0.1, 0.15) is 11.1 Å². The van der Waals surface area contributed by atoms with Gasteiger partial charge in [-0.2, -0.15) is 0 Å². The molecule has 0 heterocycles.